The van der Waals surface area contributed by atoms with E-state index in [9.17, 15) is 18.0 Å². The van der Waals surface area contributed by atoms with Crippen LogP contribution in [0.5, 0.6) is 5.88 Å². The molecule has 11 nitrogen and oxygen atoms in total. The zero-order valence-corrected chi connectivity index (χ0v) is 20.1. The lowest BCUT2D eigenvalue weighted by Crippen LogP contribution is -2.50. The first kappa shape index (κ1) is 24.7. The molecule has 2 heterocycles. The Bertz CT molecular complexity index is 1090. The summed E-state index contributed by atoms with van der Waals surface area (Å²) >= 11 is 0. The number of aromatic nitrogens is 2. The van der Waals surface area contributed by atoms with Crippen LogP contribution in [0.15, 0.2) is 35.4 Å². The maximum absolute atomic E-state index is 12.8. The topological polar surface area (TPSA) is 117 Å². The van der Waals surface area contributed by atoms with E-state index >= 15 is 0 Å². The molecule has 33 heavy (non-hydrogen) atoms. The van der Waals surface area contributed by atoms with E-state index in [2.05, 4.69) is 15.3 Å². The van der Waals surface area contributed by atoms with Gasteiger partial charge in [0.1, 0.15) is 5.56 Å². The van der Waals surface area contributed by atoms with Crippen LogP contribution in [0.2, 0.25) is 0 Å². The molecule has 2 amide bonds. The number of ether oxygens (including phenoxy) is 1. The number of sulfonamides is 1. The second-order valence-corrected chi connectivity index (χ2v) is 10.1. The Labute approximate surface area is 193 Å². The summed E-state index contributed by atoms with van der Waals surface area (Å²) < 4.78 is 32.1. The SMILES string of the molecule is COc1nn(C)cc1C(=O)N1CCN(CCNC(=O)c2ccc(S(=O)(=O)N(C)C)cc2)CC1. The Hall–Kier alpha value is -2.96. The predicted octanol–water partition coefficient (Wildman–Crippen LogP) is -0.133. The van der Waals surface area contributed by atoms with Crippen LogP contribution in [0.1, 0.15) is 20.7 Å². The highest BCUT2D eigenvalue weighted by molar-refractivity contribution is 7.89. The number of carbonyl (C=O) groups is 2. The van der Waals surface area contributed by atoms with Gasteiger partial charge in [0.25, 0.3) is 11.8 Å². The Morgan fingerprint density at radius 2 is 1.76 bits per heavy atom. The molecule has 0 saturated carbocycles. The van der Waals surface area contributed by atoms with Crippen LogP contribution < -0.4 is 10.1 Å². The number of amides is 2. The first-order chi connectivity index (χ1) is 15.6. The zero-order valence-electron chi connectivity index (χ0n) is 19.3. The van der Waals surface area contributed by atoms with Gasteiger partial charge in [0.05, 0.1) is 12.0 Å². The standard InChI is InChI=1S/C21H30N6O5S/c1-24(2)33(30,31)17-7-5-16(6-8-17)19(28)22-9-10-26-11-13-27(14-12-26)21(29)18-15-25(3)23-20(18)32-4/h5-8,15H,9-14H2,1-4H3,(H,22,28). The normalized spacial score (nSPS) is 15.0. The summed E-state index contributed by atoms with van der Waals surface area (Å²) in [6, 6.07) is 5.86. The molecule has 0 unspecified atom stereocenters. The van der Waals surface area contributed by atoms with Gasteiger partial charge in [0.15, 0.2) is 0 Å². The number of hydrogen-bond acceptors (Lipinski definition) is 7. The summed E-state index contributed by atoms with van der Waals surface area (Å²) in [4.78, 5) is 29.2. The fourth-order valence-electron chi connectivity index (χ4n) is 3.53. The molecular formula is C21H30N6O5S. The number of methoxy groups -OCH3 is 1. The minimum Gasteiger partial charge on any atom is -0.479 e. The van der Waals surface area contributed by atoms with Gasteiger partial charge < -0.3 is 15.0 Å². The monoisotopic (exact) mass is 478 g/mol. The zero-order chi connectivity index (χ0) is 24.2. The smallest absolute Gasteiger partial charge is 0.261 e. The average Bonchev–Trinajstić information content (AvgIpc) is 3.19. The van der Waals surface area contributed by atoms with Crippen LogP contribution >= 0.6 is 0 Å². The van der Waals surface area contributed by atoms with Gasteiger partial charge in [-0.3, -0.25) is 19.2 Å². The van der Waals surface area contributed by atoms with E-state index in [0.29, 0.717) is 56.3 Å². The molecule has 12 heteroatoms. The predicted molar refractivity (Wildman–Crippen MR) is 122 cm³/mol. The van der Waals surface area contributed by atoms with E-state index in [4.69, 9.17) is 4.74 Å². The van der Waals surface area contributed by atoms with Crippen molar-refractivity contribution in [3.63, 3.8) is 0 Å². The van der Waals surface area contributed by atoms with E-state index in [1.165, 1.54) is 45.5 Å². The fourth-order valence-corrected chi connectivity index (χ4v) is 4.43. The number of piperazine rings is 1. The number of nitrogens with zero attached hydrogens (tertiary/aromatic N) is 5. The van der Waals surface area contributed by atoms with Crippen LogP contribution in [0.3, 0.4) is 0 Å². The van der Waals surface area contributed by atoms with Crippen molar-refractivity contribution in [2.75, 3.05) is 60.5 Å². The van der Waals surface area contributed by atoms with Gasteiger partial charge in [-0.1, -0.05) is 0 Å². The molecule has 1 aromatic carbocycles. The van der Waals surface area contributed by atoms with E-state index in [1.807, 2.05) is 0 Å². The van der Waals surface area contributed by atoms with Crippen LogP contribution in [0.4, 0.5) is 0 Å². The first-order valence-electron chi connectivity index (χ1n) is 10.5. The van der Waals surface area contributed by atoms with Crippen LogP contribution in [-0.4, -0.2) is 105 Å². The lowest BCUT2D eigenvalue weighted by atomic mass is 10.2. The van der Waals surface area contributed by atoms with E-state index in [1.54, 1.807) is 22.8 Å². The third-order valence-electron chi connectivity index (χ3n) is 5.49. The highest BCUT2D eigenvalue weighted by Crippen LogP contribution is 2.18. The van der Waals surface area contributed by atoms with Crippen LogP contribution in [0, 0.1) is 0 Å². The number of rotatable bonds is 8. The number of carbonyl (C=O) groups excluding carboxylic acids is 2. The molecule has 1 aliphatic rings. The highest BCUT2D eigenvalue weighted by atomic mass is 32.2. The van der Waals surface area contributed by atoms with Gasteiger partial charge in [-0.2, -0.15) is 0 Å². The molecule has 0 atom stereocenters. The molecule has 2 aromatic rings. The summed E-state index contributed by atoms with van der Waals surface area (Å²) in [6.45, 7) is 3.64. The Morgan fingerprint density at radius 1 is 1.12 bits per heavy atom. The van der Waals surface area contributed by atoms with Crippen molar-refractivity contribution in [2.24, 2.45) is 7.05 Å². The largest absolute Gasteiger partial charge is 0.479 e. The molecule has 180 valence electrons. The summed E-state index contributed by atoms with van der Waals surface area (Å²) in [7, 11) is 2.63. The number of benzene rings is 1. The van der Waals surface area contributed by atoms with Gasteiger partial charge >= 0.3 is 0 Å². The molecule has 0 radical (unpaired) electrons. The van der Waals surface area contributed by atoms with Crippen molar-refractivity contribution >= 4 is 21.8 Å². The highest BCUT2D eigenvalue weighted by Gasteiger charge is 2.26. The van der Waals surface area contributed by atoms with Crippen LogP contribution in [0.25, 0.3) is 0 Å². The Kier molecular flexibility index (Phi) is 7.72. The molecule has 1 saturated heterocycles. The summed E-state index contributed by atoms with van der Waals surface area (Å²) in [6.07, 6.45) is 1.66. The van der Waals surface area contributed by atoms with E-state index in [0.717, 1.165) is 4.31 Å². The summed E-state index contributed by atoms with van der Waals surface area (Å²) in [5, 5.41) is 6.99. The maximum Gasteiger partial charge on any atom is 0.261 e. The van der Waals surface area contributed by atoms with E-state index in [-0.39, 0.29) is 16.7 Å². The molecule has 0 aliphatic carbocycles. The number of aryl methyl sites for hydroxylation is 1. The average molecular weight is 479 g/mol. The molecule has 0 bridgehead atoms. The van der Waals surface area contributed by atoms with Crippen molar-refractivity contribution in [1.82, 2.24) is 29.2 Å². The van der Waals surface area contributed by atoms with Crippen molar-refractivity contribution < 1.29 is 22.7 Å². The Morgan fingerprint density at radius 3 is 2.33 bits per heavy atom. The summed E-state index contributed by atoms with van der Waals surface area (Å²) in [5.74, 6) is -0.0473. The second kappa shape index (κ2) is 10.3. The van der Waals surface area contributed by atoms with Crippen molar-refractivity contribution in [2.45, 2.75) is 4.90 Å². The Balaban J connectivity index is 1.45. The lowest BCUT2D eigenvalue weighted by Gasteiger charge is -2.34. The second-order valence-electron chi connectivity index (χ2n) is 7.93. The van der Waals surface area contributed by atoms with Gasteiger partial charge in [0.2, 0.25) is 15.9 Å². The van der Waals surface area contributed by atoms with E-state index < -0.39 is 10.0 Å². The molecule has 3 rings (SSSR count). The third kappa shape index (κ3) is 5.70. The minimum absolute atomic E-state index is 0.104. The molecular weight excluding hydrogens is 448 g/mol. The van der Waals surface area contributed by atoms with Gasteiger partial charge in [0, 0.05) is 72.2 Å². The number of hydrogen-bond donors (Lipinski definition) is 1. The van der Waals surface area contributed by atoms with Crippen LogP contribution in [-0.2, 0) is 17.1 Å². The molecule has 1 N–H and O–H groups in total. The lowest BCUT2D eigenvalue weighted by molar-refractivity contribution is 0.0634. The molecule has 0 spiro atoms. The fraction of sp³-hybridized carbons (Fsp3) is 0.476. The van der Waals surface area contributed by atoms with Gasteiger partial charge in [-0.05, 0) is 24.3 Å². The van der Waals surface area contributed by atoms with Gasteiger partial charge in [-0.15, -0.1) is 5.10 Å². The molecule has 1 fully saturated rings. The third-order valence-corrected chi connectivity index (χ3v) is 7.32. The summed E-state index contributed by atoms with van der Waals surface area (Å²) in [5.41, 5.74) is 0.846. The van der Waals surface area contributed by atoms with Crippen molar-refractivity contribution in [3.8, 4) is 5.88 Å². The quantitative estimate of drug-likeness (QED) is 0.562. The molecule has 1 aliphatic heterocycles. The van der Waals surface area contributed by atoms with Crippen molar-refractivity contribution in [3.05, 3.63) is 41.6 Å². The molecule has 1 aromatic heterocycles. The maximum atomic E-state index is 12.8. The number of nitrogens with one attached hydrogen (secondary N) is 1. The van der Waals surface area contributed by atoms with Gasteiger partial charge in [-0.25, -0.2) is 12.7 Å². The first-order valence-corrected chi connectivity index (χ1v) is 12.0. The van der Waals surface area contributed by atoms with Crippen molar-refractivity contribution in [1.29, 1.82) is 0 Å². The minimum atomic E-state index is -3.53.